The molecule has 6 rings (SSSR count). The van der Waals surface area contributed by atoms with Crippen molar-refractivity contribution >= 4 is 41.0 Å². The highest BCUT2D eigenvalue weighted by Gasteiger charge is 2.14. The summed E-state index contributed by atoms with van der Waals surface area (Å²) in [4.78, 5) is 20.9. The Bertz CT molecular complexity index is 1820. The average Bonchev–Trinajstić information content (AvgIpc) is 3.57. The number of benzene rings is 2. The molecular formula is C30H26ClN7O2. The second kappa shape index (κ2) is 12.0. The molecule has 9 nitrogen and oxygen atoms in total. The number of imidazole rings is 2. The lowest BCUT2D eigenvalue weighted by atomic mass is 10.2. The van der Waals surface area contributed by atoms with Gasteiger partial charge in [-0.3, -0.25) is 0 Å². The Morgan fingerprint density at radius 3 is 1.82 bits per heavy atom. The van der Waals surface area contributed by atoms with E-state index in [9.17, 15) is 4.79 Å². The number of ether oxygens (including phenoxy) is 1. The molecule has 2 aromatic carbocycles. The minimum Gasteiger partial charge on any atom is -0.462 e. The molecule has 0 fully saturated rings. The van der Waals surface area contributed by atoms with Crippen LogP contribution in [-0.2, 0) is 4.74 Å². The van der Waals surface area contributed by atoms with E-state index in [1.807, 2.05) is 77.5 Å². The standard InChI is InChI=1S/C16H15N3O2.C14H10N4.ClH/c1-2-21-16(20)12-9-19-10-14(11-6-4-3-5-7-11)18-15(19)8-13(12)17;15-7-11-8-18-9-13(10-4-2-1-3-5-10)17-14(18)6-12(11)16;/h3-10H,2,17H2,1H3;1-6,8-9H,16H2;1H. The molecule has 6 aromatic rings. The number of nitrogens with zero attached hydrogens (tertiary/aromatic N) is 5. The van der Waals surface area contributed by atoms with Crippen LogP contribution >= 0.6 is 12.4 Å². The van der Waals surface area contributed by atoms with Gasteiger partial charge >= 0.3 is 5.97 Å². The molecule has 0 aliphatic rings. The summed E-state index contributed by atoms with van der Waals surface area (Å²) in [5.41, 5.74) is 18.5. The van der Waals surface area contributed by atoms with Crippen molar-refractivity contribution in [3.05, 3.63) is 109 Å². The molecule has 4 heterocycles. The number of hydrogen-bond donors (Lipinski definition) is 2. The molecular weight excluding hydrogens is 526 g/mol. The lowest BCUT2D eigenvalue weighted by molar-refractivity contribution is 0.0527. The Balaban J connectivity index is 0.000000182. The number of anilines is 2. The van der Waals surface area contributed by atoms with E-state index in [4.69, 9.17) is 21.5 Å². The summed E-state index contributed by atoms with van der Waals surface area (Å²) < 4.78 is 8.60. The van der Waals surface area contributed by atoms with Gasteiger partial charge in [-0.05, 0) is 6.92 Å². The second-order valence-corrected chi connectivity index (χ2v) is 8.63. The Morgan fingerprint density at radius 2 is 1.32 bits per heavy atom. The van der Waals surface area contributed by atoms with Gasteiger partial charge in [0.05, 0.1) is 40.5 Å². The molecule has 0 amide bonds. The molecule has 4 aromatic heterocycles. The number of pyridine rings is 2. The second-order valence-electron chi connectivity index (χ2n) is 8.63. The van der Waals surface area contributed by atoms with E-state index in [1.54, 1.807) is 35.9 Å². The number of nitriles is 1. The van der Waals surface area contributed by atoms with Crippen LogP contribution in [0.1, 0.15) is 22.8 Å². The van der Waals surface area contributed by atoms with Crippen molar-refractivity contribution in [2.45, 2.75) is 6.92 Å². The van der Waals surface area contributed by atoms with Gasteiger partial charge in [0.15, 0.2) is 0 Å². The zero-order valence-electron chi connectivity index (χ0n) is 21.6. The third kappa shape index (κ3) is 5.72. The first-order valence-corrected chi connectivity index (χ1v) is 12.2. The molecule has 4 N–H and O–H groups in total. The third-order valence-corrected chi connectivity index (χ3v) is 6.00. The maximum Gasteiger partial charge on any atom is 0.341 e. The molecule has 0 aliphatic carbocycles. The van der Waals surface area contributed by atoms with E-state index in [-0.39, 0.29) is 12.4 Å². The topological polar surface area (TPSA) is 137 Å². The van der Waals surface area contributed by atoms with E-state index < -0.39 is 5.97 Å². The number of rotatable bonds is 4. The number of halogens is 1. The van der Waals surface area contributed by atoms with Gasteiger partial charge in [0, 0.05) is 48.0 Å². The lowest BCUT2D eigenvalue weighted by Crippen LogP contribution is -2.09. The number of fused-ring (bicyclic) bond motifs is 2. The van der Waals surface area contributed by atoms with Gasteiger partial charge < -0.3 is 25.0 Å². The largest absolute Gasteiger partial charge is 0.462 e. The van der Waals surface area contributed by atoms with Gasteiger partial charge in [-0.15, -0.1) is 12.4 Å². The first kappa shape index (κ1) is 27.7. The molecule has 40 heavy (non-hydrogen) atoms. The Kier molecular flexibility index (Phi) is 8.33. The Hall–Kier alpha value is -5.33. The fraction of sp³-hybridized carbons (Fsp3) is 0.0667. The van der Waals surface area contributed by atoms with Gasteiger partial charge in [0.25, 0.3) is 0 Å². The predicted octanol–water partition coefficient (Wildman–Crippen LogP) is 5.64. The van der Waals surface area contributed by atoms with Gasteiger partial charge in [0.1, 0.15) is 17.4 Å². The van der Waals surface area contributed by atoms with Crippen LogP contribution in [-0.4, -0.2) is 31.3 Å². The van der Waals surface area contributed by atoms with E-state index >= 15 is 0 Å². The highest BCUT2D eigenvalue weighted by Crippen LogP contribution is 2.23. The number of esters is 1. The van der Waals surface area contributed by atoms with Gasteiger partial charge in [-0.25, -0.2) is 14.8 Å². The van der Waals surface area contributed by atoms with Crippen molar-refractivity contribution in [2.75, 3.05) is 18.1 Å². The number of carbonyl (C=O) groups excluding carboxylic acids is 1. The Labute approximate surface area is 236 Å². The molecule has 0 saturated heterocycles. The summed E-state index contributed by atoms with van der Waals surface area (Å²) in [5.74, 6) is -0.424. The predicted molar refractivity (Wildman–Crippen MR) is 158 cm³/mol. The summed E-state index contributed by atoms with van der Waals surface area (Å²) in [6.45, 7) is 2.08. The van der Waals surface area contributed by atoms with Crippen LogP contribution in [0.3, 0.4) is 0 Å². The molecule has 0 saturated carbocycles. The lowest BCUT2D eigenvalue weighted by Gasteiger charge is -2.05. The fourth-order valence-corrected chi connectivity index (χ4v) is 4.07. The van der Waals surface area contributed by atoms with Crippen molar-refractivity contribution in [3.8, 4) is 28.6 Å². The van der Waals surface area contributed by atoms with Crippen LogP contribution in [0, 0.1) is 11.3 Å². The van der Waals surface area contributed by atoms with E-state index in [1.165, 1.54) is 0 Å². The van der Waals surface area contributed by atoms with Crippen molar-refractivity contribution in [2.24, 2.45) is 0 Å². The van der Waals surface area contributed by atoms with Gasteiger partial charge in [-0.2, -0.15) is 5.26 Å². The number of nitrogen functional groups attached to an aromatic ring is 2. The van der Waals surface area contributed by atoms with Crippen LogP contribution in [0.2, 0.25) is 0 Å². The van der Waals surface area contributed by atoms with Gasteiger partial charge in [0.2, 0.25) is 0 Å². The SMILES string of the molecule is CCOC(=O)c1cn2cc(-c3ccccc3)nc2cc1N.Cl.N#Cc1cn2cc(-c3ccccc3)nc2cc1N. The monoisotopic (exact) mass is 551 g/mol. The van der Waals surface area contributed by atoms with Crippen molar-refractivity contribution in [1.29, 1.82) is 5.26 Å². The van der Waals surface area contributed by atoms with E-state index in [0.29, 0.717) is 34.8 Å². The quantitative estimate of drug-likeness (QED) is 0.270. The van der Waals surface area contributed by atoms with Crippen LogP contribution in [0.5, 0.6) is 0 Å². The summed E-state index contributed by atoms with van der Waals surface area (Å²) in [6.07, 6.45) is 7.12. The Morgan fingerprint density at radius 1 is 0.825 bits per heavy atom. The molecule has 0 bridgehead atoms. The molecule has 0 spiro atoms. The number of hydrogen-bond acceptors (Lipinski definition) is 7. The summed E-state index contributed by atoms with van der Waals surface area (Å²) in [6, 6.07) is 25.2. The zero-order valence-corrected chi connectivity index (χ0v) is 22.4. The maximum absolute atomic E-state index is 11.9. The fourth-order valence-electron chi connectivity index (χ4n) is 4.07. The molecule has 0 radical (unpaired) electrons. The van der Waals surface area contributed by atoms with E-state index in [0.717, 1.165) is 28.2 Å². The summed E-state index contributed by atoms with van der Waals surface area (Å²) >= 11 is 0. The molecule has 0 unspecified atom stereocenters. The highest BCUT2D eigenvalue weighted by atomic mass is 35.5. The van der Waals surface area contributed by atoms with Crippen molar-refractivity contribution in [1.82, 2.24) is 18.8 Å². The third-order valence-electron chi connectivity index (χ3n) is 6.00. The van der Waals surface area contributed by atoms with E-state index in [2.05, 4.69) is 16.0 Å². The molecule has 10 heteroatoms. The smallest absolute Gasteiger partial charge is 0.341 e. The number of nitrogens with two attached hydrogens (primary N) is 2. The minimum absolute atomic E-state index is 0. The van der Waals surface area contributed by atoms with Crippen LogP contribution < -0.4 is 11.5 Å². The van der Waals surface area contributed by atoms with Crippen molar-refractivity contribution < 1.29 is 9.53 Å². The molecule has 0 atom stereocenters. The summed E-state index contributed by atoms with van der Waals surface area (Å²) in [5, 5.41) is 8.94. The van der Waals surface area contributed by atoms with Crippen molar-refractivity contribution in [3.63, 3.8) is 0 Å². The van der Waals surface area contributed by atoms with Crippen LogP contribution in [0.4, 0.5) is 11.4 Å². The zero-order chi connectivity index (χ0) is 27.4. The minimum atomic E-state index is -0.424. The first-order chi connectivity index (χ1) is 19.0. The molecule has 0 aliphatic heterocycles. The average molecular weight is 552 g/mol. The van der Waals surface area contributed by atoms with Crippen LogP contribution in [0.25, 0.3) is 33.8 Å². The number of carbonyl (C=O) groups is 1. The normalized spacial score (nSPS) is 10.3. The summed E-state index contributed by atoms with van der Waals surface area (Å²) in [7, 11) is 0. The highest BCUT2D eigenvalue weighted by molar-refractivity contribution is 5.95. The van der Waals surface area contributed by atoms with Crippen LogP contribution in [0.15, 0.2) is 97.6 Å². The maximum atomic E-state index is 11.9. The number of aromatic nitrogens is 4. The molecule has 200 valence electrons. The van der Waals surface area contributed by atoms with Gasteiger partial charge in [-0.1, -0.05) is 60.7 Å². The first-order valence-electron chi connectivity index (χ1n) is 12.2.